The van der Waals surface area contributed by atoms with Gasteiger partial charge < -0.3 is 5.32 Å². The van der Waals surface area contributed by atoms with Crippen molar-refractivity contribution in [3.63, 3.8) is 0 Å². The van der Waals surface area contributed by atoms with Gasteiger partial charge in [0.05, 0.1) is 17.5 Å². The summed E-state index contributed by atoms with van der Waals surface area (Å²) >= 11 is 0. The first-order chi connectivity index (χ1) is 11.0. The van der Waals surface area contributed by atoms with Crippen LogP contribution in [0.25, 0.3) is 0 Å². The molecule has 0 spiro atoms. The number of aromatic nitrogens is 2. The zero-order valence-electron chi connectivity index (χ0n) is 12.4. The van der Waals surface area contributed by atoms with Crippen molar-refractivity contribution in [2.75, 3.05) is 11.3 Å². The molecule has 0 saturated carbocycles. The van der Waals surface area contributed by atoms with E-state index in [1.807, 2.05) is 0 Å². The van der Waals surface area contributed by atoms with Crippen LogP contribution in [0.3, 0.4) is 0 Å². The van der Waals surface area contributed by atoms with Gasteiger partial charge in [-0.25, -0.2) is 12.8 Å². The van der Waals surface area contributed by atoms with E-state index in [0.717, 1.165) is 25.1 Å². The Labute approximate surface area is 134 Å². The Morgan fingerprint density at radius 1 is 1.17 bits per heavy atom. The number of hydrogen-bond acceptors (Lipinski definition) is 5. The third-order valence-electron chi connectivity index (χ3n) is 3.63. The van der Waals surface area contributed by atoms with Crippen LogP contribution in [0.5, 0.6) is 0 Å². The SMILES string of the molecule is O=S(=O)(Cc1ccc(F)cc1)Nc1ccc(C2CCCN2)nn1. The Kier molecular flexibility index (Phi) is 4.53. The van der Waals surface area contributed by atoms with E-state index in [1.54, 1.807) is 12.1 Å². The number of hydrogen-bond donors (Lipinski definition) is 2. The number of sulfonamides is 1. The van der Waals surface area contributed by atoms with Crippen molar-refractivity contribution in [3.05, 3.63) is 53.5 Å². The first-order valence-corrected chi connectivity index (χ1v) is 8.99. The maximum atomic E-state index is 12.8. The standard InChI is InChI=1S/C15H17FN4O2S/c16-12-5-3-11(4-6-12)10-23(21,22)20-15-8-7-14(18-19-15)13-2-1-9-17-13/h3-8,13,17H,1-2,9-10H2,(H,19,20). The minimum absolute atomic E-state index is 0.175. The van der Waals surface area contributed by atoms with Crippen molar-refractivity contribution in [1.29, 1.82) is 0 Å². The summed E-state index contributed by atoms with van der Waals surface area (Å²) < 4.78 is 39.4. The van der Waals surface area contributed by atoms with Gasteiger partial charge in [-0.05, 0) is 49.2 Å². The Morgan fingerprint density at radius 2 is 1.96 bits per heavy atom. The first-order valence-electron chi connectivity index (χ1n) is 7.34. The fourth-order valence-electron chi connectivity index (χ4n) is 2.52. The van der Waals surface area contributed by atoms with Gasteiger partial charge in [0.1, 0.15) is 5.82 Å². The summed E-state index contributed by atoms with van der Waals surface area (Å²) in [4.78, 5) is 0. The maximum Gasteiger partial charge on any atom is 0.238 e. The molecule has 0 aliphatic carbocycles. The Hall–Kier alpha value is -2.06. The van der Waals surface area contributed by atoms with E-state index in [9.17, 15) is 12.8 Å². The number of halogens is 1. The Morgan fingerprint density at radius 3 is 2.57 bits per heavy atom. The molecule has 3 rings (SSSR count). The molecule has 0 amide bonds. The molecule has 23 heavy (non-hydrogen) atoms. The molecule has 2 aromatic rings. The van der Waals surface area contributed by atoms with Crippen LogP contribution in [0.1, 0.15) is 30.1 Å². The van der Waals surface area contributed by atoms with Gasteiger partial charge in [0.2, 0.25) is 10.0 Å². The fourth-order valence-corrected chi connectivity index (χ4v) is 3.65. The smallest absolute Gasteiger partial charge is 0.238 e. The molecule has 2 N–H and O–H groups in total. The molecule has 1 atom stereocenters. The lowest BCUT2D eigenvalue weighted by Crippen LogP contribution is -2.18. The third-order valence-corrected chi connectivity index (χ3v) is 4.87. The summed E-state index contributed by atoms with van der Waals surface area (Å²) in [6, 6.07) is 8.90. The van der Waals surface area contributed by atoms with E-state index in [-0.39, 0.29) is 17.6 Å². The highest BCUT2D eigenvalue weighted by Gasteiger charge is 2.18. The average Bonchev–Trinajstić information content (AvgIpc) is 3.04. The second-order valence-electron chi connectivity index (χ2n) is 5.48. The number of rotatable bonds is 5. The topological polar surface area (TPSA) is 84.0 Å². The van der Waals surface area contributed by atoms with Gasteiger partial charge in [0.15, 0.2) is 5.82 Å². The molecule has 8 heteroatoms. The predicted molar refractivity (Wildman–Crippen MR) is 84.7 cm³/mol. The van der Waals surface area contributed by atoms with Gasteiger partial charge in [-0.1, -0.05) is 12.1 Å². The lowest BCUT2D eigenvalue weighted by Gasteiger charge is -2.10. The fraction of sp³-hybridized carbons (Fsp3) is 0.333. The molecule has 1 fully saturated rings. The molecule has 1 unspecified atom stereocenters. The van der Waals surface area contributed by atoms with E-state index in [1.165, 1.54) is 24.3 Å². The third kappa shape index (κ3) is 4.23. The summed E-state index contributed by atoms with van der Waals surface area (Å²) in [5.74, 6) is -0.476. The number of anilines is 1. The van der Waals surface area contributed by atoms with Gasteiger partial charge in [0.25, 0.3) is 0 Å². The second-order valence-corrected chi connectivity index (χ2v) is 7.20. The minimum Gasteiger partial charge on any atom is -0.309 e. The first kappa shape index (κ1) is 15.8. The molecule has 0 bridgehead atoms. The monoisotopic (exact) mass is 336 g/mol. The lowest BCUT2D eigenvalue weighted by molar-refractivity contribution is 0.599. The van der Waals surface area contributed by atoms with Crippen LogP contribution in [0, 0.1) is 5.82 Å². The molecule has 1 aromatic carbocycles. The van der Waals surface area contributed by atoms with E-state index in [2.05, 4.69) is 20.2 Å². The summed E-state index contributed by atoms with van der Waals surface area (Å²) in [5.41, 5.74) is 1.31. The molecule has 2 heterocycles. The van der Waals surface area contributed by atoms with Gasteiger partial charge in [-0.15, -0.1) is 5.10 Å². The summed E-state index contributed by atoms with van der Waals surface area (Å²) in [6.07, 6.45) is 2.10. The van der Waals surface area contributed by atoms with Crippen molar-refractivity contribution < 1.29 is 12.8 Å². The molecule has 1 saturated heterocycles. The molecular weight excluding hydrogens is 319 g/mol. The normalized spacial score (nSPS) is 18.0. The number of nitrogens with one attached hydrogen (secondary N) is 2. The molecule has 122 valence electrons. The van der Waals surface area contributed by atoms with Crippen molar-refractivity contribution in [2.24, 2.45) is 0 Å². The van der Waals surface area contributed by atoms with E-state index in [4.69, 9.17) is 0 Å². The highest BCUT2D eigenvalue weighted by atomic mass is 32.2. The van der Waals surface area contributed by atoms with Crippen molar-refractivity contribution in [1.82, 2.24) is 15.5 Å². The Bertz CT molecular complexity index is 757. The zero-order chi connectivity index (χ0) is 16.3. The number of nitrogens with zero attached hydrogens (tertiary/aromatic N) is 2. The Balaban J connectivity index is 1.66. The molecule has 1 aliphatic rings. The van der Waals surface area contributed by atoms with Crippen LogP contribution < -0.4 is 10.0 Å². The van der Waals surface area contributed by atoms with E-state index in [0.29, 0.717) is 5.56 Å². The minimum atomic E-state index is -3.62. The van der Waals surface area contributed by atoms with Crippen LogP contribution in [0.4, 0.5) is 10.2 Å². The average molecular weight is 336 g/mol. The van der Waals surface area contributed by atoms with E-state index < -0.39 is 15.8 Å². The summed E-state index contributed by atoms with van der Waals surface area (Å²) in [7, 11) is -3.62. The molecular formula is C15H17FN4O2S. The quantitative estimate of drug-likeness (QED) is 0.872. The molecule has 1 aliphatic heterocycles. The van der Waals surface area contributed by atoms with Gasteiger partial charge in [-0.2, -0.15) is 5.10 Å². The maximum absolute atomic E-state index is 12.8. The van der Waals surface area contributed by atoms with Crippen LogP contribution in [-0.2, 0) is 15.8 Å². The number of benzene rings is 1. The van der Waals surface area contributed by atoms with Crippen molar-refractivity contribution >= 4 is 15.8 Å². The van der Waals surface area contributed by atoms with Crippen LogP contribution >= 0.6 is 0 Å². The lowest BCUT2D eigenvalue weighted by atomic mass is 10.1. The largest absolute Gasteiger partial charge is 0.309 e. The molecule has 1 aromatic heterocycles. The zero-order valence-corrected chi connectivity index (χ0v) is 13.2. The van der Waals surface area contributed by atoms with Gasteiger partial charge >= 0.3 is 0 Å². The van der Waals surface area contributed by atoms with Gasteiger partial charge in [-0.3, -0.25) is 4.72 Å². The highest BCUT2D eigenvalue weighted by molar-refractivity contribution is 7.91. The highest BCUT2D eigenvalue weighted by Crippen LogP contribution is 2.21. The summed E-state index contributed by atoms with van der Waals surface area (Å²) in [6.45, 7) is 0.957. The molecule has 6 nitrogen and oxygen atoms in total. The van der Waals surface area contributed by atoms with Crippen molar-refractivity contribution in [3.8, 4) is 0 Å². The van der Waals surface area contributed by atoms with E-state index >= 15 is 0 Å². The van der Waals surface area contributed by atoms with Crippen molar-refractivity contribution in [2.45, 2.75) is 24.6 Å². The van der Waals surface area contributed by atoms with Crippen LogP contribution in [0.15, 0.2) is 36.4 Å². The second kappa shape index (κ2) is 6.59. The van der Waals surface area contributed by atoms with Gasteiger partial charge in [0, 0.05) is 0 Å². The predicted octanol–water partition coefficient (Wildman–Crippen LogP) is 1.98. The summed E-state index contributed by atoms with van der Waals surface area (Å²) in [5, 5.41) is 11.3. The molecule has 0 radical (unpaired) electrons. The van der Waals surface area contributed by atoms with Crippen LogP contribution in [-0.4, -0.2) is 25.2 Å². The van der Waals surface area contributed by atoms with Crippen LogP contribution in [0.2, 0.25) is 0 Å².